The van der Waals surface area contributed by atoms with Gasteiger partial charge in [0.25, 0.3) is 5.91 Å². The van der Waals surface area contributed by atoms with Crippen molar-refractivity contribution in [1.29, 1.82) is 0 Å². The van der Waals surface area contributed by atoms with Gasteiger partial charge in [-0.2, -0.15) is 0 Å². The number of hydrogen-bond donors (Lipinski definition) is 1. The average Bonchev–Trinajstić information content (AvgIpc) is 2.61. The summed E-state index contributed by atoms with van der Waals surface area (Å²) in [5, 5.41) is 5.14. The van der Waals surface area contributed by atoms with Gasteiger partial charge in [0.15, 0.2) is 0 Å². The molecule has 1 N–H and O–H groups in total. The fourth-order valence-corrected chi connectivity index (χ4v) is 2.97. The Bertz CT molecular complexity index is 1070. The molecule has 0 aliphatic heterocycles. The maximum absolute atomic E-state index is 12.8. The topological polar surface area (TPSA) is 54.9 Å². The van der Waals surface area contributed by atoms with Gasteiger partial charge in [-0.05, 0) is 36.4 Å². The summed E-state index contributed by atoms with van der Waals surface area (Å²) < 4.78 is 0. The number of hydrogen-bond acceptors (Lipinski definition) is 3. The molecule has 0 bridgehead atoms. The number of aromatic nitrogens is 2. The summed E-state index contributed by atoms with van der Waals surface area (Å²) in [5.41, 5.74) is 2.63. The molecule has 2 aromatic heterocycles. The zero-order valence-electron chi connectivity index (χ0n) is 12.5. The van der Waals surface area contributed by atoms with Crippen molar-refractivity contribution >= 4 is 45.0 Å². The summed E-state index contributed by atoms with van der Waals surface area (Å²) >= 11 is 6.16. The van der Waals surface area contributed by atoms with Crippen LogP contribution < -0.4 is 5.32 Å². The van der Waals surface area contributed by atoms with Crippen molar-refractivity contribution in [2.45, 2.75) is 0 Å². The third-order valence-electron chi connectivity index (χ3n) is 3.81. The Morgan fingerprint density at radius 3 is 2.71 bits per heavy atom. The molecule has 0 saturated heterocycles. The van der Waals surface area contributed by atoms with Crippen LogP contribution in [0.5, 0.6) is 0 Å². The lowest BCUT2D eigenvalue weighted by Gasteiger charge is -2.10. The van der Waals surface area contributed by atoms with Crippen LogP contribution in [0.3, 0.4) is 0 Å². The normalized spacial score (nSPS) is 10.9. The first-order valence-corrected chi connectivity index (χ1v) is 7.79. The van der Waals surface area contributed by atoms with Gasteiger partial charge in [0.2, 0.25) is 0 Å². The van der Waals surface area contributed by atoms with E-state index in [9.17, 15) is 4.79 Å². The van der Waals surface area contributed by atoms with Gasteiger partial charge in [0.05, 0.1) is 16.7 Å². The molecule has 4 rings (SSSR count). The molecule has 0 saturated carbocycles. The summed E-state index contributed by atoms with van der Waals surface area (Å²) in [4.78, 5) is 21.4. The first-order chi connectivity index (χ1) is 11.7. The molecule has 4 aromatic rings. The van der Waals surface area contributed by atoms with Gasteiger partial charge >= 0.3 is 0 Å². The monoisotopic (exact) mass is 333 g/mol. The number of fused-ring (bicyclic) bond motifs is 2. The predicted molar refractivity (Wildman–Crippen MR) is 96.4 cm³/mol. The van der Waals surface area contributed by atoms with Gasteiger partial charge in [0.1, 0.15) is 0 Å². The molecule has 0 radical (unpaired) electrons. The van der Waals surface area contributed by atoms with E-state index in [1.54, 1.807) is 24.5 Å². The number of nitrogens with one attached hydrogen (secondary N) is 1. The Labute approximate surface area is 143 Å². The van der Waals surface area contributed by atoms with E-state index in [0.717, 1.165) is 16.3 Å². The maximum Gasteiger partial charge on any atom is 0.256 e. The molecular formula is C19H12ClN3O. The van der Waals surface area contributed by atoms with Crippen LogP contribution in [0.2, 0.25) is 5.02 Å². The van der Waals surface area contributed by atoms with E-state index in [2.05, 4.69) is 15.3 Å². The average molecular weight is 334 g/mol. The lowest BCUT2D eigenvalue weighted by molar-refractivity contribution is 0.102. The molecule has 0 fully saturated rings. The Hall–Kier alpha value is -2.98. The number of carbonyl (C=O) groups excluding carboxylic acids is 1. The molecule has 2 aromatic carbocycles. The van der Waals surface area contributed by atoms with Gasteiger partial charge in [-0.1, -0.05) is 29.8 Å². The Morgan fingerprint density at radius 1 is 0.958 bits per heavy atom. The molecule has 24 heavy (non-hydrogen) atoms. The number of anilines is 1. The number of amides is 1. The molecule has 0 spiro atoms. The molecule has 2 heterocycles. The summed E-state index contributed by atoms with van der Waals surface area (Å²) in [6, 6.07) is 16.4. The highest BCUT2D eigenvalue weighted by Gasteiger charge is 2.13. The molecular weight excluding hydrogens is 322 g/mol. The van der Waals surface area contributed by atoms with Crippen molar-refractivity contribution in [1.82, 2.24) is 9.97 Å². The van der Waals surface area contributed by atoms with Gasteiger partial charge in [-0.3, -0.25) is 14.8 Å². The van der Waals surface area contributed by atoms with Crippen LogP contribution in [0, 0.1) is 0 Å². The Kier molecular flexibility index (Phi) is 3.59. The zero-order chi connectivity index (χ0) is 16.5. The van der Waals surface area contributed by atoms with Gasteiger partial charge in [-0.25, -0.2) is 0 Å². The summed E-state index contributed by atoms with van der Waals surface area (Å²) in [6.45, 7) is 0. The minimum Gasteiger partial charge on any atom is -0.320 e. The van der Waals surface area contributed by atoms with Crippen LogP contribution in [0.1, 0.15) is 10.4 Å². The van der Waals surface area contributed by atoms with Crippen molar-refractivity contribution in [2.75, 3.05) is 5.32 Å². The maximum atomic E-state index is 12.8. The van der Waals surface area contributed by atoms with Crippen molar-refractivity contribution in [3.05, 3.63) is 77.6 Å². The molecule has 0 unspecified atom stereocenters. The van der Waals surface area contributed by atoms with Crippen molar-refractivity contribution in [3.63, 3.8) is 0 Å². The molecule has 4 nitrogen and oxygen atoms in total. The fraction of sp³-hybridized carbons (Fsp3) is 0. The van der Waals surface area contributed by atoms with E-state index in [4.69, 9.17) is 11.6 Å². The van der Waals surface area contributed by atoms with E-state index < -0.39 is 0 Å². The van der Waals surface area contributed by atoms with E-state index in [1.807, 2.05) is 42.5 Å². The lowest BCUT2D eigenvalue weighted by atomic mass is 10.1. The number of rotatable bonds is 2. The molecule has 0 aliphatic rings. The quantitative estimate of drug-likeness (QED) is 0.579. The highest BCUT2D eigenvalue weighted by molar-refractivity contribution is 6.32. The van der Waals surface area contributed by atoms with E-state index >= 15 is 0 Å². The van der Waals surface area contributed by atoms with Gasteiger partial charge in [-0.15, -0.1) is 0 Å². The third kappa shape index (κ3) is 2.57. The summed E-state index contributed by atoms with van der Waals surface area (Å²) in [5.74, 6) is -0.220. The van der Waals surface area contributed by atoms with Crippen LogP contribution in [-0.4, -0.2) is 15.9 Å². The SMILES string of the molecule is O=C(Nc1cc(Cl)cc2cccnc12)c1cccc2ncccc12. The minimum absolute atomic E-state index is 0.220. The highest BCUT2D eigenvalue weighted by atomic mass is 35.5. The van der Waals surface area contributed by atoms with Crippen LogP contribution in [0.25, 0.3) is 21.8 Å². The fourth-order valence-electron chi connectivity index (χ4n) is 2.74. The smallest absolute Gasteiger partial charge is 0.256 e. The predicted octanol–water partition coefficient (Wildman–Crippen LogP) is 4.69. The van der Waals surface area contributed by atoms with Crippen molar-refractivity contribution < 1.29 is 4.79 Å². The molecule has 116 valence electrons. The second-order valence-electron chi connectivity index (χ2n) is 5.36. The number of nitrogens with zero attached hydrogens (tertiary/aromatic N) is 2. The standard InChI is InChI=1S/C19H12ClN3O/c20-13-10-12-4-2-9-22-18(12)17(11-13)23-19(24)15-5-1-7-16-14(15)6-3-8-21-16/h1-11H,(H,23,24). The van der Waals surface area contributed by atoms with E-state index in [0.29, 0.717) is 21.8 Å². The largest absolute Gasteiger partial charge is 0.320 e. The van der Waals surface area contributed by atoms with Crippen LogP contribution in [0.4, 0.5) is 5.69 Å². The van der Waals surface area contributed by atoms with Crippen LogP contribution in [-0.2, 0) is 0 Å². The summed E-state index contributed by atoms with van der Waals surface area (Å²) in [7, 11) is 0. The molecule has 1 amide bonds. The number of benzene rings is 2. The Balaban J connectivity index is 1.79. The second-order valence-corrected chi connectivity index (χ2v) is 5.79. The minimum atomic E-state index is -0.220. The van der Waals surface area contributed by atoms with E-state index in [-0.39, 0.29) is 5.91 Å². The Morgan fingerprint density at radius 2 is 1.79 bits per heavy atom. The van der Waals surface area contributed by atoms with Crippen molar-refractivity contribution in [2.24, 2.45) is 0 Å². The third-order valence-corrected chi connectivity index (χ3v) is 4.03. The highest BCUT2D eigenvalue weighted by Crippen LogP contribution is 2.27. The lowest BCUT2D eigenvalue weighted by Crippen LogP contribution is -2.13. The number of halogens is 1. The number of carbonyl (C=O) groups is 1. The second kappa shape index (κ2) is 5.91. The zero-order valence-corrected chi connectivity index (χ0v) is 13.3. The molecule has 5 heteroatoms. The molecule has 0 aliphatic carbocycles. The first kappa shape index (κ1) is 14.6. The van der Waals surface area contributed by atoms with E-state index in [1.165, 1.54) is 0 Å². The van der Waals surface area contributed by atoms with Gasteiger partial charge in [0, 0.05) is 33.8 Å². The molecule has 0 atom stereocenters. The first-order valence-electron chi connectivity index (χ1n) is 7.42. The van der Waals surface area contributed by atoms with Crippen molar-refractivity contribution in [3.8, 4) is 0 Å². The summed E-state index contributed by atoms with van der Waals surface area (Å²) in [6.07, 6.45) is 3.39. The van der Waals surface area contributed by atoms with Gasteiger partial charge < -0.3 is 5.32 Å². The van der Waals surface area contributed by atoms with Crippen LogP contribution in [0.15, 0.2) is 67.0 Å². The van der Waals surface area contributed by atoms with Crippen LogP contribution >= 0.6 is 11.6 Å². The number of pyridine rings is 2.